The number of benzene rings is 13. The molecule has 0 aliphatic heterocycles. The predicted octanol–water partition coefficient (Wildman–Crippen LogP) is 21.8. The van der Waals surface area contributed by atoms with Gasteiger partial charge in [0.1, 0.15) is 0 Å². The van der Waals surface area contributed by atoms with Gasteiger partial charge >= 0.3 is 0 Å². The summed E-state index contributed by atoms with van der Waals surface area (Å²) in [6, 6.07) is 101. The van der Waals surface area contributed by atoms with Crippen molar-refractivity contribution in [1.82, 2.24) is 4.57 Å². The number of nitrogens with zero attached hydrogens (tertiary/aromatic N) is 1. The number of aromatic nitrogens is 1. The Kier molecular flexibility index (Phi) is 10.1. The van der Waals surface area contributed by atoms with E-state index in [1.807, 2.05) is 22.7 Å². The number of thiophene rings is 2. The molecular weight excluding hydrogens is 967 g/mol. The fourth-order valence-electron chi connectivity index (χ4n) is 12.6. The highest BCUT2D eigenvalue weighted by atomic mass is 32.1. The maximum Gasteiger partial charge on any atom is 0.0547 e. The van der Waals surface area contributed by atoms with E-state index in [9.17, 15) is 0 Å². The van der Waals surface area contributed by atoms with Gasteiger partial charge in [0.25, 0.3) is 0 Å². The zero-order valence-electron chi connectivity index (χ0n) is 41.7. The Balaban J connectivity index is 0.975. The monoisotopic (exact) mass is 1010 g/mol. The molecule has 0 atom stereocenters. The first-order chi connectivity index (χ1) is 38.2. The van der Waals surface area contributed by atoms with Crippen LogP contribution in [0.5, 0.6) is 0 Å². The van der Waals surface area contributed by atoms with Gasteiger partial charge in [0, 0.05) is 56.8 Å². The van der Waals surface area contributed by atoms with Gasteiger partial charge in [-0.3, -0.25) is 0 Å². The van der Waals surface area contributed by atoms with E-state index in [4.69, 9.17) is 0 Å². The Hall–Kier alpha value is -9.38. The second kappa shape index (κ2) is 17.6. The maximum absolute atomic E-state index is 2.56. The van der Waals surface area contributed by atoms with Gasteiger partial charge in [0.05, 0.1) is 11.0 Å². The Morgan fingerprint density at radius 3 is 0.948 bits per heavy atom. The zero-order chi connectivity index (χ0) is 50.6. The number of fused-ring (bicyclic) bond motifs is 11. The van der Waals surface area contributed by atoms with Crippen molar-refractivity contribution < 1.29 is 0 Å². The highest BCUT2D eigenvalue weighted by molar-refractivity contribution is 7.27. The topological polar surface area (TPSA) is 4.93 Å². The van der Waals surface area contributed by atoms with Crippen LogP contribution in [0.3, 0.4) is 0 Å². The predicted molar refractivity (Wildman–Crippen MR) is 334 cm³/mol. The lowest BCUT2D eigenvalue weighted by atomic mass is 9.86. The molecule has 1 nitrogen and oxygen atoms in total. The smallest absolute Gasteiger partial charge is 0.0547 e. The lowest BCUT2D eigenvalue weighted by molar-refractivity contribution is 1.19. The number of rotatable bonds is 7. The largest absolute Gasteiger partial charge is 0.309 e. The van der Waals surface area contributed by atoms with E-state index in [-0.39, 0.29) is 0 Å². The van der Waals surface area contributed by atoms with Gasteiger partial charge in [-0.05, 0) is 113 Å². The van der Waals surface area contributed by atoms with E-state index in [1.165, 1.54) is 150 Å². The normalized spacial score (nSPS) is 11.9. The molecule has 3 aromatic heterocycles. The minimum Gasteiger partial charge on any atom is -0.309 e. The molecule has 16 rings (SSSR count). The van der Waals surface area contributed by atoms with Gasteiger partial charge in [0.15, 0.2) is 0 Å². The van der Waals surface area contributed by atoms with Crippen molar-refractivity contribution in [2.75, 3.05) is 0 Å². The molecule has 0 fully saturated rings. The van der Waals surface area contributed by atoms with Crippen molar-refractivity contribution in [3.05, 3.63) is 273 Å². The summed E-state index contributed by atoms with van der Waals surface area (Å²) in [6.45, 7) is 0. The van der Waals surface area contributed by atoms with Crippen molar-refractivity contribution in [1.29, 1.82) is 0 Å². The van der Waals surface area contributed by atoms with Crippen LogP contribution in [-0.2, 0) is 0 Å². The van der Waals surface area contributed by atoms with Crippen LogP contribution in [0.1, 0.15) is 0 Å². The Morgan fingerprint density at radius 1 is 0.208 bits per heavy atom. The molecule has 0 N–H and O–H groups in total. The summed E-state index contributed by atoms with van der Waals surface area (Å²) in [6.07, 6.45) is 0. The SMILES string of the molecule is c1ccc(-c2c3ccccc3c(-c3ccccc3)c3cc(-n4c5cc(-c6cccc7c6sc6c(-c8ccccc8)cccc67)ccc5c5ccc(-c6cccc7c6sc6c(-c8ccccc8)cccc67)cc54)ccc23)cc1. The second-order valence-corrected chi connectivity index (χ2v) is 22.3. The van der Waals surface area contributed by atoms with Crippen LogP contribution in [0.4, 0.5) is 0 Å². The zero-order valence-corrected chi connectivity index (χ0v) is 43.4. The van der Waals surface area contributed by atoms with E-state index in [2.05, 4.69) is 278 Å². The van der Waals surface area contributed by atoms with Crippen LogP contribution in [0.15, 0.2) is 273 Å². The molecule has 0 spiro atoms. The fourth-order valence-corrected chi connectivity index (χ4v) is 15.3. The van der Waals surface area contributed by atoms with Gasteiger partial charge in [-0.25, -0.2) is 0 Å². The first kappa shape index (κ1) is 44.0. The Bertz CT molecular complexity index is 4790. The summed E-state index contributed by atoms with van der Waals surface area (Å²) in [5.74, 6) is 0. The molecular formula is C74H45NS2. The van der Waals surface area contributed by atoms with Gasteiger partial charge in [-0.1, -0.05) is 249 Å². The minimum atomic E-state index is 1.12. The number of hydrogen-bond donors (Lipinski definition) is 0. The average Bonchev–Trinajstić information content (AvgIpc) is 4.23. The van der Waals surface area contributed by atoms with Gasteiger partial charge in [-0.15, -0.1) is 22.7 Å². The van der Waals surface area contributed by atoms with E-state index in [0.717, 1.165) is 5.69 Å². The molecule has 0 bridgehead atoms. The van der Waals surface area contributed by atoms with Crippen LogP contribution < -0.4 is 0 Å². The quantitative estimate of drug-likeness (QED) is 0.140. The van der Waals surface area contributed by atoms with Crippen molar-refractivity contribution in [2.45, 2.75) is 0 Å². The van der Waals surface area contributed by atoms with Crippen molar-refractivity contribution >= 4 is 106 Å². The van der Waals surface area contributed by atoms with Crippen LogP contribution in [0.2, 0.25) is 0 Å². The third-order valence-electron chi connectivity index (χ3n) is 16.0. The standard InChI is InChI=1S/C74H45NS2/c1-5-19-46(20-6-1)53-29-15-33-62-64-35-17-31-55(73(64)76-71(53)62)50-37-40-57-58-41-38-51(56-32-18-36-65-63-34-16-30-54(72(63)77-74(56)65)47-21-7-2-8-22-47)44-68(58)75(67(57)43-50)52-39-42-61-66(45-52)70(49-25-11-4-12-26-49)60-28-14-13-27-59(60)69(61)48-23-9-3-10-24-48/h1-45H. The third kappa shape index (κ3) is 6.91. The minimum absolute atomic E-state index is 1.12. The molecule has 77 heavy (non-hydrogen) atoms. The van der Waals surface area contributed by atoms with Crippen LogP contribution in [0.25, 0.3) is 156 Å². The van der Waals surface area contributed by atoms with Crippen molar-refractivity contribution in [2.24, 2.45) is 0 Å². The van der Waals surface area contributed by atoms with Gasteiger partial charge in [-0.2, -0.15) is 0 Å². The van der Waals surface area contributed by atoms with Gasteiger partial charge < -0.3 is 4.57 Å². The molecule has 13 aromatic carbocycles. The summed E-state index contributed by atoms with van der Waals surface area (Å²) >= 11 is 3.82. The van der Waals surface area contributed by atoms with Crippen LogP contribution >= 0.6 is 22.7 Å². The first-order valence-electron chi connectivity index (χ1n) is 26.4. The summed E-state index contributed by atoms with van der Waals surface area (Å²) in [4.78, 5) is 0. The lowest BCUT2D eigenvalue weighted by Gasteiger charge is -2.19. The molecule has 3 heterocycles. The lowest BCUT2D eigenvalue weighted by Crippen LogP contribution is -1.97. The molecule has 16 aromatic rings. The van der Waals surface area contributed by atoms with Crippen LogP contribution in [-0.4, -0.2) is 4.57 Å². The summed E-state index contributed by atoms with van der Waals surface area (Å²) in [7, 11) is 0. The Morgan fingerprint density at radius 2 is 0.532 bits per heavy atom. The Labute approximate surface area is 453 Å². The van der Waals surface area contributed by atoms with E-state index in [0.29, 0.717) is 0 Å². The fraction of sp³-hybridized carbons (Fsp3) is 0. The molecule has 3 heteroatoms. The molecule has 0 amide bonds. The molecule has 358 valence electrons. The summed E-state index contributed by atoms with van der Waals surface area (Å²) in [5.41, 5.74) is 18.3. The van der Waals surface area contributed by atoms with E-state index >= 15 is 0 Å². The number of hydrogen-bond acceptors (Lipinski definition) is 2. The van der Waals surface area contributed by atoms with Gasteiger partial charge in [0.2, 0.25) is 0 Å². The second-order valence-electron chi connectivity index (χ2n) is 20.2. The van der Waals surface area contributed by atoms with Crippen molar-refractivity contribution in [3.8, 4) is 72.4 Å². The first-order valence-corrected chi connectivity index (χ1v) is 28.0. The molecule has 0 unspecified atom stereocenters. The van der Waals surface area contributed by atoms with E-state index in [1.54, 1.807) is 0 Å². The summed E-state index contributed by atoms with van der Waals surface area (Å²) in [5, 5.41) is 12.6. The molecule has 0 aliphatic rings. The van der Waals surface area contributed by atoms with Crippen molar-refractivity contribution in [3.63, 3.8) is 0 Å². The highest BCUT2D eigenvalue weighted by Gasteiger charge is 2.22. The third-order valence-corrected chi connectivity index (χ3v) is 18.6. The summed E-state index contributed by atoms with van der Waals surface area (Å²) < 4.78 is 7.81. The van der Waals surface area contributed by atoms with Crippen LogP contribution in [0, 0.1) is 0 Å². The molecule has 0 saturated carbocycles. The average molecular weight is 1010 g/mol. The highest BCUT2D eigenvalue weighted by Crippen LogP contribution is 2.49. The molecule has 0 aliphatic carbocycles. The molecule has 0 radical (unpaired) electrons. The maximum atomic E-state index is 2.56. The van der Waals surface area contributed by atoms with E-state index < -0.39 is 0 Å². The molecule has 0 saturated heterocycles.